The molecule has 4 heteroatoms. The zero-order valence-corrected chi connectivity index (χ0v) is 15.8. The van der Waals surface area contributed by atoms with Gasteiger partial charge in [-0.25, -0.2) is 0 Å². The van der Waals surface area contributed by atoms with E-state index in [0.29, 0.717) is 6.54 Å². The predicted molar refractivity (Wildman–Crippen MR) is 105 cm³/mol. The van der Waals surface area contributed by atoms with Crippen LogP contribution in [-0.4, -0.2) is 29.1 Å². The summed E-state index contributed by atoms with van der Waals surface area (Å²) in [6.45, 7) is 8.03. The number of rotatable bonds is 7. The average molecular weight is 355 g/mol. The first-order valence-electron chi connectivity index (χ1n) is 9.02. The van der Waals surface area contributed by atoms with Gasteiger partial charge >= 0.3 is 0 Å². The van der Waals surface area contributed by atoms with E-state index in [1.54, 1.807) is 11.8 Å². The van der Waals surface area contributed by atoms with Gasteiger partial charge in [0.15, 0.2) is 0 Å². The SMILES string of the molecule is CCN(CC)Cc1cccc(CNC(=O)C2Cc3ccccc3S2)c1. The molecule has 0 fully saturated rings. The predicted octanol–water partition coefficient (Wildman–Crippen LogP) is 3.86. The fourth-order valence-electron chi connectivity index (χ4n) is 3.17. The second-order valence-corrected chi connectivity index (χ2v) is 7.66. The van der Waals surface area contributed by atoms with Crippen LogP contribution in [0, 0.1) is 0 Å². The Hall–Kier alpha value is -1.78. The highest BCUT2D eigenvalue weighted by Gasteiger charge is 2.27. The highest BCUT2D eigenvalue weighted by molar-refractivity contribution is 8.01. The summed E-state index contributed by atoms with van der Waals surface area (Å²) in [6.07, 6.45) is 0.828. The molecule has 0 spiro atoms. The van der Waals surface area contributed by atoms with Gasteiger partial charge < -0.3 is 5.32 Å². The molecule has 1 amide bonds. The van der Waals surface area contributed by atoms with Gasteiger partial charge in [-0.1, -0.05) is 56.3 Å². The van der Waals surface area contributed by atoms with Crippen LogP contribution in [-0.2, 0) is 24.3 Å². The van der Waals surface area contributed by atoms with E-state index in [0.717, 1.165) is 26.1 Å². The van der Waals surface area contributed by atoms with E-state index in [9.17, 15) is 4.79 Å². The van der Waals surface area contributed by atoms with Gasteiger partial charge in [0.05, 0.1) is 5.25 Å². The van der Waals surface area contributed by atoms with Gasteiger partial charge in [0, 0.05) is 18.0 Å². The molecule has 2 aromatic carbocycles. The highest BCUT2D eigenvalue weighted by Crippen LogP contribution is 2.36. The minimum absolute atomic E-state index is 0.00347. The highest BCUT2D eigenvalue weighted by atomic mass is 32.2. The molecule has 3 nitrogen and oxygen atoms in total. The Bertz CT molecular complexity index is 702. The van der Waals surface area contributed by atoms with E-state index in [1.807, 2.05) is 12.1 Å². The molecule has 0 aromatic heterocycles. The Kier molecular flexibility index (Phi) is 6.16. The van der Waals surface area contributed by atoms with Crippen molar-refractivity contribution in [2.75, 3.05) is 13.1 Å². The van der Waals surface area contributed by atoms with Crippen molar-refractivity contribution < 1.29 is 4.79 Å². The summed E-state index contributed by atoms with van der Waals surface area (Å²) in [6, 6.07) is 16.8. The molecule has 25 heavy (non-hydrogen) atoms. The maximum atomic E-state index is 12.5. The Morgan fingerprint density at radius 1 is 1.12 bits per heavy atom. The number of nitrogens with zero attached hydrogens (tertiary/aromatic N) is 1. The first-order chi connectivity index (χ1) is 12.2. The summed E-state index contributed by atoms with van der Waals surface area (Å²) in [5.74, 6) is 0.135. The minimum atomic E-state index is -0.00347. The number of hydrogen-bond acceptors (Lipinski definition) is 3. The molecule has 0 radical (unpaired) electrons. The number of thioether (sulfide) groups is 1. The molecule has 1 N–H and O–H groups in total. The summed E-state index contributed by atoms with van der Waals surface area (Å²) in [5.41, 5.74) is 3.76. The van der Waals surface area contributed by atoms with E-state index in [4.69, 9.17) is 0 Å². The van der Waals surface area contributed by atoms with Crippen molar-refractivity contribution in [1.29, 1.82) is 0 Å². The van der Waals surface area contributed by atoms with Gasteiger partial charge in [0.2, 0.25) is 5.91 Å². The van der Waals surface area contributed by atoms with Crippen molar-refractivity contribution in [3.8, 4) is 0 Å². The smallest absolute Gasteiger partial charge is 0.234 e. The third kappa shape index (κ3) is 4.65. The molecule has 3 rings (SSSR count). The lowest BCUT2D eigenvalue weighted by molar-refractivity contribution is -0.120. The van der Waals surface area contributed by atoms with Crippen molar-refractivity contribution in [1.82, 2.24) is 10.2 Å². The second-order valence-electron chi connectivity index (χ2n) is 6.42. The zero-order chi connectivity index (χ0) is 17.6. The fourth-order valence-corrected chi connectivity index (χ4v) is 4.39. The van der Waals surface area contributed by atoms with Gasteiger partial charge in [-0.15, -0.1) is 11.8 Å². The molecule has 132 valence electrons. The lowest BCUT2D eigenvalue weighted by Crippen LogP contribution is -2.32. The van der Waals surface area contributed by atoms with Crippen molar-refractivity contribution in [3.05, 3.63) is 65.2 Å². The first-order valence-corrected chi connectivity index (χ1v) is 9.90. The largest absolute Gasteiger partial charge is 0.351 e. The lowest BCUT2D eigenvalue weighted by atomic mass is 10.1. The van der Waals surface area contributed by atoms with E-state index in [2.05, 4.69) is 60.5 Å². The number of hydrogen-bond donors (Lipinski definition) is 1. The standard InChI is InChI=1S/C21H26N2OS/c1-3-23(4-2)15-17-9-7-8-16(12-17)14-22-21(24)20-13-18-10-5-6-11-19(18)25-20/h5-12,20H,3-4,13-15H2,1-2H3,(H,22,24). The number of amides is 1. The van der Waals surface area contributed by atoms with E-state index < -0.39 is 0 Å². The topological polar surface area (TPSA) is 32.3 Å². The van der Waals surface area contributed by atoms with Crippen LogP contribution in [0.2, 0.25) is 0 Å². The normalized spacial score (nSPS) is 16.0. The maximum Gasteiger partial charge on any atom is 0.234 e. The molecule has 1 heterocycles. The summed E-state index contributed by atoms with van der Waals surface area (Å²) in [7, 11) is 0. The molecular formula is C21H26N2OS. The van der Waals surface area contributed by atoms with E-state index in [1.165, 1.54) is 21.6 Å². The quantitative estimate of drug-likeness (QED) is 0.819. The molecule has 0 aliphatic carbocycles. The van der Waals surface area contributed by atoms with Gasteiger partial charge in [0.25, 0.3) is 0 Å². The molecule has 0 bridgehead atoms. The van der Waals surface area contributed by atoms with Crippen LogP contribution in [0.3, 0.4) is 0 Å². The van der Waals surface area contributed by atoms with Gasteiger partial charge in [-0.05, 0) is 42.3 Å². The average Bonchev–Trinajstić information content (AvgIpc) is 3.09. The van der Waals surface area contributed by atoms with Crippen molar-refractivity contribution in [2.45, 2.75) is 43.5 Å². The Labute approximate surface area is 154 Å². The Morgan fingerprint density at radius 3 is 2.64 bits per heavy atom. The number of fused-ring (bicyclic) bond motifs is 1. The van der Waals surface area contributed by atoms with E-state index in [-0.39, 0.29) is 11.2 Å². The van der Waals surface area contributed by atoms with Gasteiger partial charge in [-0.3, -0.25) is 9.69 Å². The van der Waals surface area contributed by atoms with Crippen LogP contribution in [0.5, 0.6) is 0 Å². The Morgan fingerprint density at radius 2 is 1.88 bits per heavy atom. The number of nitrogens with one attached hydrogen (secondary N) is 1. The third-order valence-electron chi connectivity index (χ3n) is 4.70. The molecule has 1 atom stereocenters. The monoisotopic (exact) mass is 354 g/mol. The first kappa shape index (κ1) is 18.0. The van der Waals surface area contributed by atoms with Crippen LogP contribution < -0.4 is 5.32 Å². The molecule has 1 aliphatic heterocycles. The van der Waals surface area contributed by atoms with Gasteiger partial charge in [-0.2, -0.15) is 0 Å². The summed E-state index contributed by atoms with van der Waals surface area (Å²) in [5, 5.41) is 3.11. The molecule has 1 unspecified atom stereocenters. The summed E-state index contributed by atoms with van der Waals surface area (Å²) < 4.78 is 0. The van der Waals surface area contributed by atoms with Crippen molar-refractivity contribution in [3.63, 3.8) is 0 Å². The van der Waals surface area contributed by atoms with E-state index >= 15 is 0 Å². The number of carbonyl (C=O) groups excluding carboxylic acids is 1. The lowest BCUT2D eigenvalue weighted by Gasteiger charge is -2.18. The van der Waals surface area contributed by atoms with Crippen molar-refractivity contribution >= 4 is 17.7 Å². The van der Waals surface area contributed by atoms with Crippen LogP contribution in [0.4, 0.5) is 0 Å². The second kappa shape index (κ2) is 8.54. The van der Waals surface area contributed by atoms with Crippen LogP contribution in [0.25, 0.3) is 0 Å². The summed E-state index contributed by atoms with van der Waals surface area (Å²) >= 11 is 1.68. The van der Waals surface area contributed by atoms with Gasteiger partial charge in [0.1, 0.15) is 0 Å². The summed E-state index contributed by atoms with van der Waals surface area (Å²) in [4.78, 5) is 16.1. The minimum Gasteiger partial charge on any atom is -0.351 e. The number of carbonyl (C=O) groups is 1. The Balaban J connectivity index is 1.54. The third-order valence-corrected chi connectivity index (χ3v) is 6.02. The van der Waals surface area contributed by atoms with Crippen LogP contribution >= 0.6 is 11.8 Å². The maximum absolute atomic E-state index is 12.5. The van der Waals surface area contributed by atoms with Crippen LogP contribution in [0.1, 0.15) is 30.5 Å². The molecule has 2 aromatic rings. The van der Waals surface area contributed by atoms with Crippen molar-refractivity contribution in [2.24, 2.45) is 0 Å². The molecule has 0 saturated carbocycles. The zero-order valence-electron chi connectivity index (χ0n) is 15.0. The fraction of sp³-hybridized carbons (Fsp3) is 0.381. The number of benzene rings is 2. The molecule has 1 aliphatic rings. The molecule has 0 saturated heterocycles. The molecular weight excluding hydrogens is 328 g/mol. The van der Waals surface area contributed by atoms with Crippen LogP contribution in [0.15, 0.2) is 53.4 Å².